The second-order valence-corrected chi connectivity index (χ2v) is 8.88. The molecule has 3 rings (SSSR count). The van der Waals surface area contributed by atoms with Crippen LogP contribution in [0.3, 0.4) is 0 Å². The summed E-state index contributed by atoms with van der Waals surface area (Å²) in [7, 11) is 1.64. The number of rotatable bonds is 7. The predicted octanol–water partition coefficient (Wildman–Crippen LogP) is 7.72. The van der Waals surface area contributed by atoms with Crippen LogP contribution < -0.4 is 4.90 Å². The van der Waals surface area contributed by atoms with Crippen LogP contribution in [0.15, 0.2) is 54.9 Å². The molecule has 0 fully saturated rings. The number of Topliss-reactive ketones (excluding diaryl/α,β-unsaturated/α-hetero) is 1. The van der Waals surface area contributed by atoms with Gasteiger partial charge in [-0.05, 0) is 48.4 Å². The van der Waals surface area contributed by atoms with Gasteiger partial charge < -0.3 is 4.90 Å². The zero-order valence-electron chi connectivity index (χ0n) is 18.4. The molecule has 0 N–H and O–H groups in total. The van der Waals surface area contributed by atoms with Gasteiger partial charge in [0.15, 0.2) is 5.78 Å². The van der Waals surface area contributed by atoms with Crippen LogP contribution in [-0.4, -0.2) is 35.5 Å². The first kappa shape index (κ1) is 26.9. The number of carbonyl (C=O) groups is 1. The molecule has 1 aromatic heterocycles. The summed E-state index contributed by atoms with van der Waals surface area (Å²) in [5.41, 5.74) is 0.230. The molecule has 4 nitrogen and oxygen atoms in total. The fourth-order valence-electron chi connectivity index (χ4n) is 3.36. The highest BCUT2D eigenvalue weighted by Gasteiger charge is 2.40. The van der Waals surface area contributed by atoms with Gasteiger partial charge >= 0.3 is 6.18 Å². The molecular weight excluding hydrogens is 529 g/mol. The molecular formula is C24H18Cl3F4N3O. The number of ketones is 1. The number of aromatic nitrogens is 2. The normalized spacial score (nSPS) is 13.0. The Morgan fingerprint density at radius 2 is 1.69 bits per heavy atom. The van der Waals surface area contributed by atoms with Crippen molar-refractivity contribution in [3.05, 3.63) is 92.2 Å². The highest BCUT2D eigenvalue weighted by atomic mass is 35.5. The molecule has 1 unspecified atom stereocenters. The third-order valence-corrected chi connectivity index (χ3v) is 6.30. The summed E-state index contributed by atoms with van der Waals surface area (Å²) in [4.78, 5) is 22.4. The Hall–Kier alpha value is -2.68. The van der Waals surface area contributed by atoms with Crippen molar-refractivity contribution < 1.29 is 22.4 Å². The number of aryl methyl sites for hydroxylation is 1. The SMILES string of the molecule is Cc1cc(/C(F)=C/C(c2cc(Cl)c(Cl)c(Cl)c2)C(F)(F)F)ccc1C(=O)CN(C)c1ncccn1. The van der Waals surface area contributed by atoms with Crippen molar-refractivity contribution in [1.29, 1.82) is 0 Å². The number of halogens is 7. The zero-order valence-corrected chi connectivity index (χ0v) is 20.6. The smallest absolute Gasteiger partial charge is 0.336 e. The molecule has 0 spiro atoms. The van der Waals surface area contributed by atoms with Gasteiger partial charge in [-0.25, -0.2) is 14.4 Å². The molecule has 0 aliphatic carbocycles. The molecule has 3 aromatic rings. The molecule has 2 aromatic carbocycles. The summed E-state index contributed by atoms with van der Waals surface area (Å²) < 4.78 is 56.3. The zero-order chi connectivity index (χ0) is 25.9. The maximum Gasteiger partial charge on any atom is 0.399 e. The van der Waals surface area contributed by atoms with E-state index in [0.717, 1.165) is 12.1 Å². The number of alkyl halides is 3. The van der Waals surface area contributed by atoms with Crippen LogP contribution in [0.2, 0.25) is 15.1 Å². The van der Waals surface area contributed by atoms with E-state index in [1.165, 1.54) is 18.2 Å². The molecule has 184 valence electrons. The predicted molar refractivity (Wildman–Crippen MR) is 130 cm³/mol. The minimum Gasteiger partial charge on any atom is -0.336 e. The molecule has 0 radical (unpaired) electrons. The number of allylic oxidation sites excluding steroid dienone is 1. The standard InChI is InChI=1S/C24H18Cl3F4N3O/c1-13-8-14(4-5-16(13)21(35)12-34(2)23-32-6-3-7-33-23)20(28)11-17(24(29,30)31)15-9-18(25)22(27)19(26)10-15/h3-11,17H,12H2,1-2H3/b20-11-. The maximum atomic E-state index is 15.0. The second-order valence-electron chi connectivity index (χ2n) is 7.69. The van der Waals surface area contributed by atoms with E-state index >= 15 is 0 Å². The van der Waals surface area contributed by atoms with Crippen LogP contribution in [-0.2, 0) is 0 Å². The van der Waals surface area contributed by atoms with E-state index in [9.17, 15) is 22.4 Å². The van der Waals surface area contributed by atoms with E-state index < -0.39 is 17.9 Å². The summed E-state index contributed by atoms with van der Waals surface area (Å²) in [5.74, 6) is -3.38. The topological polar surface area (TPSA) is 46.1 Å². The average molecular weight is 547 g/mol. The first-order chi connectivity index (χ1) is 16.4. The van der Waals surface area contributed by atoms with E-state index in [4.69, 9.17) is 34.8 Å². The lowest BCUT2D eigenvalue weighted by Crippen LogP contribution is -2.27. The van der Waals surface area contributed by atoms with Crippen LogP contribution in [0.1, 0.15) is 33.0 Å². The number of benzene rings is 2. The quantitative estimate of drug-likeness (QED) is 0.173. The highest BCUT2D eigenvalue weighted by Crippen LogP contribution is 2.42. The Balaban J connectivity index is 1.88. The van der Waals surface area contributed by atoms with Gasteiger partial charge in [0.2, 0.25) is 5.95 Å². The van der Waals surface area contributed by atoms with Gasteiger partial charge in [0.25, 0.3) is 0 Å². The Morgan fingerprint density at radius 3 is 2.23 bits per heavy atom. The molecule has 0 saturated heterocycles. The Morgan fingerprint density at radius 1 is 1.09 bits per heavy atom. The third kappa shape index (κ3) is 6.51. The van der Waals surface area contributed by atoms with Crippen LogP contribution in [0.4, 0.5) is 23.5 Å². The van der Waals surface area contributed by atoms with Gasteiger partial charge in [-0.1, -0.05) is 46.9 Å². The average Bonchev–Trinajstić information content (AvgIpc) is 2.80. The van der Waals surface area contributed by atoms with Crippen LogP contribution in [0.25, 0.3) is 5.83 Å². The summed E-state index contributed by atoms with van der Waals surface area (Å²) >= 11 is 17.6. The number of likely N-dealkylation sites (N-methyl/N-ethyl adjacent to an activating group) is 1. The van der Waals surface area contributed by atoms with E-state index in [-0.39, 0.29) is 38.5 Å². The second kappa shape index (κ2) is 10.9. The Kier molecular flexibility index (Phi) is 8.41. The number of carbonyl (C=O) groups excluding carboxylic acids is 1. The van der Waals surface area contributed by atoms with Gasteiger partial charge in [0.05, 0.1) is 21.6 Å². The summed E-state index contributed by atoms with van der Waals surface area (Å²) in [6, 6.07) is 7.57. The van der Waals surface area contributed by atoms with Crippen LogP contribution >= 0.6 is 34.8 Å². The first-order valence-corrected chi connectivity index (χ1v) is 11.2. The highest BCUT2D eigenvalue weighted by molar-refractivity contribution is 6.48. The number of nitrogens with zero attached hydrogens (tertiary/aromatic N) is 3. The maximum absolute atomic E-state index is 15.0. The number of hydrogen-bond donors (Lipinski definition) is 0. The minimum absolute atomic E-state index is 0.0449. The lowest BCUT2D eigenvalue weighted by atomic mass is 9.95. The molecule has 0 amide bonds. The number of anilines is 1. The van der Waals surface area contributed by atoms with Gasteiger partial charge in [-0.2, -0.15) is 13.2 Å². The van der Waals surface area contributed by atoms with Gasteiger partial charge in [0.1, 0.15) is 11.7 Å². The fraction of sp³-hybridized carbons (Fsp3) is 0.208. The van der Waals surface area contributed by atoms with Crippen molar-refractivity contribution >= 4 is 52.4 Å². The third-order valence-electron chi connectivity index (χ3n) is 5.11. The molecule has 0 saturated carbocycles. The number of hydrogen-bond acceptors (Lipinski definition) is 4. The Bertz CT molecular complexity index is 1240. The van der Waals surface area contributed by atoms with E-state index in [0.29, 0.717) is 23.2 Å². The van der Waals surface area contributed by atoms with E-state index in [1.54, 1.807) is 37.3 Å². The van der Waals surface area contributed by atoms with Crippen LogP contribution in [0, 0.1) is 6.92 Å². The van der Waals surface area contributed by atoms with Crippen molar-refractivity contribution in [2.45, 2.75) is 19.0 Å². The summed E-state index contributed by atoms with van der Waals surface area (Å²) in [6.07, 6.45) is -1.31. The van der Waals surface area contributed by atoms with Crippen molar-refractivity contribution in [1.82, 2.24) is 9.97 Å². The van der Waals surface area contributed by atoms with Gasteiger partial charge in [-0.15, -0.1) is 0 Å². The molecule has 0 aliphatic heterocycles. The summed E-state index contributed by atoms with van der Waals surface area (Å²) in [5, 5.41) is -0.452. The summed E-state index contributed by atoms with van der Waals surface area (Å²) in [6.45, 7) is 1.53. The largest absolute Gasteiger partial charge is 0.399 e. The fourth-order valence-corrected chi connectivity index (χ4v) is 3.97. The molecule has 0 aliphatic rings. The lowest BCUT2D eigenvalue weighted by Gasteiger charge is -2.19. The van der Waals surface area contributed by atoms with Crippen molar-refractivity contribution in [3.63, 3.8) is 0 Å². The minimum atomic E-state index is -4.83. The monoisotopic (exact) mass is 545 g/mol. The first-order valence-electron chi connectivity index (χ1n) is 10.1. The molecule has 1 heterocycles. The van der Waals surface area contributed by atoms with Gasteiger partial charge in [0, 0.05) is 30.6 Å². The lowest BCUT2D eigenvalue weighted by molar-refractivity contribution is -0.139. The van der Waals surface area contributed by atoms with Gasteiger partial charge in [-0.3, -0.25) is 4.79 Å². The van der Waals surface area contributed by atoms with Crippen molar-refractivity contribution in [2.24, 2.45) is 0 Å². The Labute approximate surface area is 214 Å². The van der Waals surface area contributed by atoms with E-state index in [2.05, 4.69) is 9.97 Å². The van der Waals surface area contributed by atoms with E-state index in [1.807, 2.05) is 0 Å². The van der Waals surface area contributed by atoms with Crippen molar-refractivity contribution in [2.75, 3.05) is 18.5 Å². The molecule has 1 atom stereocenters. The molecule has 11 heteroatoms. The van der Waals surface area contributed by atoms with Crippen molar-refractivity contribution in [3.8, 4) is 0 Å². The molecule has 0 bridgehead atoms. The molecule has 35 heavy (non-hydrogen) atoms. The van der Waals surface area contributed by atoms with Crippen LogP contribution in [0.5, 0.6) is 0 Å².